The van der Waals surface area contributed by atoms with Gasteiger partial charge in [0.15, 0.2) is 5.96 Å². The maximum atomic E-state index is 12.1. The molecule has 1 N–H and O–H groups in total. The number of guanidine groups is 1. The predicted molar refractivity (Wildman–Crippen MR) is 105 cm³/mol. The maximum absolute atomic E-state index is 12.1. The zero-order chi connectivity index (χ0) is 15.3. The lowest BCUT2D eigenvalue weighted by molar-refractivity contribution is -0.128. The molecule has 1 amide bonds. The number of amides is 1. The van der Waals surface area contributed by atoms with Gasteiger partial charge >= 0.3 is 0 Å². The van der Waals surface area contributed by atoms with Crippen LogP contribution < -0.4 is 5.32 Å². The van der Waals surface area contributed by atoms with Crippen molar-refractivity contribution < 1.29 is 4.79 Å². The van der Waals surface area contributed by atoms with Crippen LogP contribution in [0, 0.1) is 0 Å². The Balaban J connectivity index is 0.00000242. The minimum absolute atomic E-state index is 0. The van der Waals surface area contributed by atoms with Crippen molar-refractivity contribution in [2.24, 2.45) is 4.99 Å². The molecule has 5 nitrogen and oxygen atoms in total. The van der Waals surface area contributed by atoms with E-state index in [2.05, 4.69) is 36.0 Å². The van der Waals surface area contributed by atoms with E-state index >= 15 is 0 Å². The highest BCUT2D eigenvalue weighted by molar-refractivity contribution is 14.0. The van der Waals surface area contributed by atoms with E-state index in [4.69, 9.17) is 0 Å². The van der Waals surface area contributed by atoms with E-state index in [0.29, 0.717) is 0 Å². The molecule has 2 saturated heterocycles. The summed E-state index contributed by atoms with van der Waals surface area (Å²) in [4.78, 5) is 20.9. The maximum Gasteiger partial charge on any atom is 0.244 e. The molecule has 2 aliphatic heterocycles. The van der Waals surface area contributed by atoms with Crippen LogP contribution in [0.1, 0.15) is 33.6 Å². The Morgan fingerprint density at radius 1 is 1.23 bits per heavy atom. The van der Waals surface area contributed by atoms with Crippen LogP contribution in [0.4, 0.5) is 0 Å². The van der Waals surface area contributed by atoms with Crippen molar-refractivity contribution >= 4 is 47.6 Å². The zero-order valence-electron chi connectivity index (χ0n) is 13.9. The Morgan fingerprint density at radius 3 is 2.50 bits per heavy atom. The van der Waals surface area contributed by atoms with Crippen LogP contribution in [0.5, 0.6) is 0 Å². The first-order chi connectivity index (χ1) is 10.0. The molecule has 0 spiro atoms. The molecule has 2 fully saturated rings. The van der Waals surface area contributed by atoms with Crippen molar-refractivity contribution in [3.63, 3.8) is 0 Å². The number of hydrogen-bond donors (Lipinski definition) is 1. The highest BCUT2D eigenvalue weighted by Crippen LogP contribution is 2.29. The van der Waals surface area contributed by atoms with Crippen LogP contribution in [-0.4, -0.2) is 71.4 Å². The van der Waals surface area contributed by atoms with Crippen LogP contribution in [0.3, 0.4) is 0 Å². The summed E-state index contributed by atoms with van der Waals surface area (Å²) in [5.41, 5.74) is 0. The van der Waals surface area contributed by atoms with Crippen molar-refractivity contribution in [2.45, 2.75) is 38.4 Å². The molecule has 22 heavy (non-hydrogen) atoms. The second kappa shape index (κ2) is 9.20. The summed E-state index contributed by atoms with van der Waals surface area (Å²) < 4.78 is 0.243. The van der Waals surface area contributed by atoms with E-state index in [1.807, 2.05) is 16.7 Å². The Hall–Kier alpha value is -0.180. The summed E-state index contributed by atoms with van der Waals surface area (Å²) in [6, 6.07) is 0. The molecule has 0 atom stereocenters. The molecule has 0 aromatic carbocycles. The quantitative estimate of drug-likeness (QED) is 0.415. The van der Waals surface area contributed by atoms with Crippen molar-refractivity contribution in [2.75, 3.05) is 45.0 Å². The van der Waals surface area contributed by atoms with Crippen LogP contribution >= 0.6 is 35.7 Å². The molecule has 0 aliphatic carbocycles. The minimum atomic E-state index is 0. The fourth-order valence-electron chi connectivity index (χ4n) is 2.83. The third-order valence-corrected chi connectivity index (χ3v) is 5.18. The van der Waals surface area contributed by atoms with Gasteiger partial charge in [-0.05, 0) is 33.6 Å². The number of thioether (sulfide) groups is 1. The second-order valence-electron chi connectivity index (χ2n) is 6.29. The van der Waals surface area contributed by atoms with E-state index in [-0.39, 0.29) is 41.2 Å². The number of nitrogens with zero attached hydrogens (tertiary/aromatic N) is 3. The first kappa shape index (κ1) is 19.9. The fraction of sp³-hybridized carbons (Fsp3) is 0.867. The van der Waals surface area contributed by atoms with Gasteiger partial charge in [-0.3, -0.25) is 4.79 Å². The lowest BCUT2D eigenvalue weighted by Crippen LogP contribution is -2.51. The van der Waals surface area contributed by atoms with Gasteiger partial charge < -0.3 is 15.1 Å². The molecule has 7 heteroatoms. The zero-order valence-corrected chi connectivity index (χ0v) is 17.1. The van der Waals surface area contributed by atoms with E-state index in [9.17, 15) is 4.79 Å². The average Bonchev–Trinajstić information content (AvgIpc) is 2.96. The molecular weight excluding hydrogens is 411 g/mol. The van der Waals surface area contributed by atoms with Gasteiger partial charge in [-0.15, -0.1) is 24.0 Å². The Morgan fingerprint density at radius 2 is 1.91 bits per heavy atom. The Labute approximate surface area is 155 Å². The molecule has 2 rings (SSSR count). The molecule has 2 aliphatic rings. The molecule has 128 valence electrons. The molecule has 0 bridgehead atoms. The number of aliphatic imine (C=N–C) groups is 1. The van der Waals surface area contributed by atoms with Crippen LogP contribution in [0.2, 0.25) is 0 Å². The first-order valence-corrected chi connectivity index (χ1v) is 8.95. The van der Waals surface area contributed by atoms with Gasteiger partial charge in [0, 0.05) is 43.2 Å². The number of nitrogens with one attached hydrogen (secondary N) is 1. The van der Waals surface area contributed by atoms with Gasteiger partial charge in [0.05, 0.1) is 0 Å². The number of hydrogen-bond acceptors (Lipinski definition) is 3. The summed E-state index contributed by atoms with van der Waals surface area (Å²) in [6.07, 6.45) is 2.26. The topological polar surface area (TPSA) is 47.9 Å². The van der Waals surface area contributed by atoms with Gasteiger partial charge in [-0.1, -0.05) is 0 Å². The average molecular weight is 440 g/mol. The van der Waals surface area contributed by atoms with Gasteiger partial charge in [-0.25, -0.2) is 4.99 Å². The summed E-state index contributed by atoms with van der Waals surface area (Å²) >= 11 is 2.00. The van der Waals surface area contributed by atoms with E-state index in [0.717, 1.165) is 57.3 Å². The normalized spacial score (nSPS) is 21.5. The second-order valence-corrected chi connectivity index (χ2v) is 8.09. The molecule has 0 radical (unpaired) electrons. The van der Waals surface area contributed by atoms with Crippen LogP contribution in [0.15, 0.2) is 4.99 Å². The van der Waals surface area contributed by atoms with Gasteiger partial charge in [0.25, 0.3) is 0 Å². The molecular formula is C15H29IN4OS. The van der Waals surface area contributed by atoms with Crippen molar-refractivity contribution in [1.82, 2.24) is 15.1 Å². The van der Waals surface area contributed by atoms with Crippen LogP contribution in [-0.2, 0) is 4.79 Å². The summed E-state index contributed by atoms with van der Waals surface area (Å²) in [7, 11) is 0. The van der Waals surface area contributed by atoms with Gasteiger partial charge in [-0.2, -0.15) is 11.8 Å². The SMILES string of the molecule is CCNC(=NCC(=O)N1CCCC1)N1CCSC(C)(C)C1.I. The summed E-state index contributed by atoms with van der Waals surface area (Å²) in [6.45, 7) is 11.5. The number of carbonyl (C=O) groups is 1. The van der Waals surface area contributed by atoms with Crippen molar-refractivity contribution in [3.05, 3.63) is 0 Å². The lowest BCUT2D eigenvalue weighted by atomic mass is 10.2. The number of rotatable bonds is 3. The molecule has 0 saturated carbocycles. The van der Waals surface area contributed by atoms with Gasteiger partial charge in [0.1, 0.15) is 6.54 Å². The molecule has 0 aromatic heterocycles. The largest absolute Gasteiger partial charge is 0.357 e. The predicted octanol–water partition coefficient (Wildman–Crippen LogP) is 2.02. The summed E-state index contributed by atoms with van der Waals surface area (Å²) in [5, 5.41) is 3.33. The highest BCUT2D eigenvalue weighted by Gasteiger charge is 2.29. The van der Waals surface area contributed by atoms with Gasteiger partial charge in [0.2, 0.25) is 5.91 Å². The smallest absolute Gasteiger partial charge is 0.244 e. The lowest BCUT2D eigenvalue weighted by Gasteiger charge is -2.39. The van der Waals surface area contributed by atoms with E-state index in [1.165, 1.54) is 0 Å². The number of halogens is 1. The van der Waals surface area contributed by atoms with Crippen molar-refractivity contribution in [1.29, 1.82) is 0 Å². The van der Waals surface area contributed by atoms with E-state index in [1.54, 1.807) is 0 Å². The Kier molecular flexibility index (Phi) is 8.31. The summed E-state index contributed by atoms with van der Waals surface area (Å²) in [5.74, 6) is 2.16. The van der Waals surface area contributed by atoms with Crippen LogP contribution in [0.25, 0.3) is 0 Å². The van der Waals surface area contributed by atoms with Crippen molar-refractivity contribution in [3.8, 4) is 0 Å². The fourth-order valence-corrected chi connectivity index (χ4v) is 3.94. The van der Waals surface area contributed by atoms with E-state index < -0.39 is 0 Å². The number of carbonyl (C=O) groups excluding carboxylic acids is 1. The first-order valence-electron chi connectivity index (χ1n) is 7.97. The molecule has 0 unspecified atom stereocenters. The standard InChI is InChI=1S/C15H28N4OS.HI/c1-4-16-14(19-9-10-21-15(2,3)12-19)17-11-13(20)18-7-5-6-8-18;/h4-12H2,1-3H3,(H,16,17);1H. The third kappa shape index (κ3) is 5.79. The minimum Gasteiger partial charge on any atom is -0.357 e. The number of likely N-dealkylation sites (tertiary alicyclic amines) is 1. The highest BCUT2D eigenvalue weighted by atomic mass is 127. The third-order valence-electron chi connectivity index (χ3n) is 3.88. The molecule has 2 heterocycles. The molecule has 0 aromatic rings. The Bertz CT molecular complexity index is 397. The monoisotopic (exact) mass is 440 g/mol.